The van der Waals surface area contributed by atoms with E-state index in [1.165, 1.54) is 12.1 Å². The number of rotatable bonds is 5. The lowest BCUT2D eigenvalue weighted by molar-refractivity contribution is 0.0660. The predicted octanol–water partition coefficient (Wildman–Crippen LogP) is 2.86. The van der Waals surface area contributed by atoms with Crippen LogP contribution in [0.15, 0.2) is 40.8 Å². The molecule has 0 aliphatic carbocycles. The van der Waals surface area contributed by atoms with Gasteiger partial charge in [0.1, 0.15) is 5.76 Å². The number of aryl methyl sites for hydroxylation is 1. The maximum atomic E-state index is 11.7. The van der Waals surface area contributed by atoms with Gasteiger partial charge in [-0.05, 0) is 36.2 Å². The number of carbonyl (C=O) groups excluding carboxylic acids is 1. The standard InChI is InChI=1S/C15H16N2O4/c1-2-10-4-3-5-11(8-10)17-15(20)16-9-12-6-7-13(21-12)14(18)19/h3-8H,2,9H2,1H3,(H,18,19)(H2,16,17,20). The molecule has 6 nitrogen and oxygen atoms in total. The molecular weight excluding hydrogens is 272 g/mol. The zero-order valence-electron chi connectivity index (χ0n) is 11.6. The molecule has 0 aliphatic rings. The Bertz CT molecular complexity index is 649. The summed E-state index contributed by atoms with van der Waals surface area (Å²) >= 11 is 0. The van der Waals surface area contributed by atoms with E-state index in [2.05, 4.69) is 10.6 Å². The van der Waals surface area contributed by atoms with Crippen molar-refractivity contribution < 1.29 is 19.1 Å². The van der Waals surface area contributed by atoms with Crippen LogP contribution < -0.4 is 10.6 Å². The molecule has 2 aromatic rings. The Hall–Kier alpha value is -2.76. The number of urea groups is 1. The van der Waals surface area contributed by atoms with Gasteiger partial charge in [0, 0.05) is 5.69 Å². The maximum Gasteiger partial charge on any atom is 0.371 e. The molecule has 2 amide bonds. The first-order valence-electron chi connectivity index (χ1n) is 6.54. The molecule has 1 aromatic carbocycles. The number of hydrogen-bond donors (Lipinski definition) is 3. The molecule has 6 heteroatoms. The van der Waals surface area contributed by atoms with Crippen LogP contribution in [0.2, 0.25) is 0 Å². The second kappa shape index (κ2) is 6.60. The Kier molecular flexibility index (Phi) is 4.61. The highest BCUT2D eigenvalue weighted by Gasteiger charge is 2.09. The number of nitrogens with one attached hydrogen (secondary N) is 2. The zero-order chi connectivity index (χ0) is 15.2. The molecule has 110 valence electrons. The van der Waals surface area contributed by atoms with Gasteiger partial charge in [-0.1, -0.05) is 19.1 Å². The Morgan fingerprint density at radius 3 is 2.71 bits per heavy atom. The summed E-state index contributed by atoms with van der Waals surface area (Å²) < 4.78 is 5.04. The minimum absolute atomic E-state index is 0.118. The molecule has 0 spiro atoms. The van der Waals surface area contributed by atoms with E-state index in [0.29, 0.717) is 11.4 Å². The van der Waals surface area contributed by atoms with Gasteiger partial charge in [-0.2, -0.15) is 0 Å². The fraction of sp³-hybridized carbons (Fsp3) is 0.200. The molecule has 0 radical (unpaired) electrons. The molecule has 0 atom stereocenters. The van der Waals surface area contributed by atoms with Gasteiger partial charge >= 0.3 is 12.0 Å². The lowest BCUT2D eigenvalue weighted by Gasteiger charge is -2.07. The monoisotopic (exact) mass is 288 g/mol. The summed E-state index contributed by atoms with van der Waals surface area (Å²) in [7, 11) is 0. The molecule has 0 fully saturated rings. The van der Waals surface area contributed by atoms with Crippen molar-refractivity contribution in [3.63, 3.8) is 0 Å². The third-order valence-electron chi connectivity index (χ3n) is 2.89. The number of furan rings is 1. The van der Waals surface area contributed by atoms with Crippen molar-refractivity contribution in [3.05, 3.63) is 53.5 Å². The van der Waals surface area contributed by atoms with Crippen molar-refractivity contribution in [3.8, 4) is 0 Å². The van der Waals surface area contributed by atoms with Crippen LogP contribution in [0, 0.1) is 0 Å². The SMILES string of the molecule is CCc1cccc(NC(=O)NCc2ccc(C(=O)O)o2)c1. The highest BCUT2D eigenvalue weighted by atomic mass is 16.4. The number of anilines is 1. The van der Waals surface area contributed by atoms with Gasteiger partial charge in [0.05, 0.1) is 6.54 Å². The van der Waals surface area contributed by atoms with Crippen LogP contribution >= 0.6 is 0 Å². The van der Waals surface area contributed by atoms with Gasteiger partial charge in [0.25, 0.3) is 0 Å². The summed E-state index contributed by atoms with van der Waals surface area (Å²) in [5.41, 5.74) is 1.84. The number of carboxylic acids is 1. The molecular formula is C15H16N2O4. The van der Waals surface area contributed by atoms with Crippen molar-refractivity contribution in [1.29, 1.82) is 0 Å². The fourth-order valence-electron chi connectivity index (χ4n) is 1.80. The Labute approximate surface area is 121 Å². The highest BCUT2D eigenvalue weighted by Crippen LogP contribution is 2.11. The number of carboxylic acid groups (broad SMARTS) is 1. The number of aromatic carboxylic acids is 1. The Morgan fingerprint density at radius 1 is 1.24 bits per heavy atom. The van der Waals surface area contributed by atoms with Crippen LogP contribution in [0.5, 0.6) is 0 Å². The minimum atomic E-state index is -1.14. The lowest BCUT2D eigenvalue weighted by atomic mass is 10.1. The third-order valence-corrected chi connectivity index (χ3v) is 2.89. The fourth-order valence-corrected chi connectivity index (χ4v) is 1.80. The Morgan fingerprint density at radius 2 is 2.05 bits per heavy atom. The van der Waals surface area contributed by atoms with E-state index in [0.717, 1.165) is 12.0 Å². The van der Waals surface area contributed by atoms with Gasteiger partial charge in [0.2, 0.25) is 5.76 Å². The molecule has 3 N–H and O–H groups in total. The largest absolute Gasteiger partial charge is 0.475 e. The molecule has 0 aliphatic heterocycles. The quantitative estimate of drug-likeness (QED) is 0.789. The van der Waals surface area contributed by atoms with E-state index in [1.54, 1.807) is 6.07 Å². The minimum Gasteiger partial charge on any atom is -0.475 e. The van der Waals surface area contributed by atoms with Gasteiger partial charge < -0.3 is 20.2 Å². The van der Waals surface area contributed by atoms with Crippen LogP contribution in [0.1, 0.15) is 28.8 Å². The first kappa shape index (κ1) is 14.6. The molecule has 21 heavy (non-hydrogen) atoms. The summed E-state index contributed by atoms with van der Waals surface area (Å²) in [6, 6.07) is 10.0. The molecule has 1 aromatic heterocycles. The van der Waals surface area contributed by atoms with Crippen LogP contribution in [0.25, 0.3) is 0 Å². The van der Waals surface area contributed by atoms with Gasteiger partial charge in [0.15, 0.2) is 0 Å². The van der Waals surface area contributed by atoms with Crippen LogP contribution in [-0.4, -0.2) is 17.1 Å². The molecule has 2 rings (SSSR count). The van der Waals surface area contributed by atoms with Crippen molar-refractivity contribution >= 4 is 17.7 Å². The van der Waals surface area contributed by atoms with E-state index in [1.807, 2.05) is 25.1 Å². The maximum absolute atomic E-state index is 11.7. The second-order valence-electron chi connectivity index (χ2n) is 4.43. The van der Waals surface area contributed by atoms with E-state index < -0.39 is 5.97 Å². The zero-order valence-corrected chi connectivity index (χ0v) is 11.6. The third kappa shape index (κ3) is 4.10. The van der Waals surface area contributed by atoms with Gasteiger partial charge in [-0.3, -0.25) is 0 Å². The summed E-state index contributed by atoms with van der Waals surface area (Å²) in [5.74, 6) is -0.908. The smallest absolute Gasteiger partial charge is 0.371 e. The number of carbonyl (C=O) groups is 2. The van der Waals surface area contributed by atoms with Crippen LogP contribution in [0.3, 0.4) is 0 Å². The number of amides is 2. The molecule has 0 bridgehead atoms. The molecule has 0 saturated carbocycles. The van der Waals surface area contributed by atoms with E-state index in [-0.39, 0.29) is 18.3 Å². The highest BCUT2D eigenvalue weighted by molar-refractivity contribution is 5.89. The predicted molar refractivity (Wildman–Crippen MR) is 77.3 cm³/mol. The van der Waals surface area contributed by atoms with Crippen molar-refractivity contribution in [2.45, 2.75) is 19.9 Å². The first-order chi connectivity index (χ1) is 10.1. The van der Waals surface area contributed by atoms with Crippen molar-refractivity contribution in [2.24, 2.45) is 0 Å². The Balaban J connectivity index is 1.87. The summed E-state index contributed by atoms with van der Waals surface area (Å²) in [5, 5.41) is 14.0. The second-order valence-corrected chi connectivity index (χ2v) is 4.43. The lowest BCUT2D eigenvalue weighted by Crippen LogP contribution is -2.28. The van der Waals surface area contributed by atoms with E-state index in [4.69, 9.17) is 9.52 Å². The summed E-state index contributed by atoms with van der Waals surface area (Å²) in [4.78, 5) is 22.4. The first-order valence-corrected chi connectivity index (χ1v) is 6.54. The average Bonchev–Trinajstić information content (AvgIpc) is 2.94. The number of hydrogen-bond acceptors (Lipinski definition) is 3. The molecule has 1 heterocycles. The van der Waals surface area contributed by atoms with Crippen molar-refractivity contribution in [1.82, 2.24) is 5.32 Å². The van der Waals surface area contributed by atoms with Crippen LogP contribution in [-0.2, 0) is 13.0 Å². The molecule has 0 saturated heterocycles. The van der Waals surface area contributed by atoms with Crippen molar-refractivity contribution in [2.75, 3.05) is 5.32 Å². The number of benzene rings is 1. The van der Waals surface area contributed by atoms with Crippen LogP contribution in [0.4, 0.5) is 10.5 Å². The topological polar surface area (TPSA) is 91.6 Å². The van der Waals surface area contributed by atoms with Gasteiger partial charge in [-0.25, -0.2) is 9.59 Å². The van der Waals surface area contributed by atoms with E-state index >= 15 is 0 Å². The molecule has 0 unspecified atom stereocenters. The summed E-state index contributed by atoms with van der Waals surface area (Å²) in [6.07, 6.45) is 0.890. The van der Waals surface area contributed by atoms with Gasteiger partial charge in [-0.15, -0.1) is 0 Å². The summed E-state index contributed by atoms with van der Waals surface area (Å²) in [6.45, 7) is 2.16. The average molecular weight is 288 g/mol. The normalized spacial score (nSPS) is 10.1. The van der Waals surface area contributed by atoms with E-state index in [9.17, 15) is 9.59 Å².